The van der Waals surface area contributed by atoms with E-state index in [1.165, 1.54) is 18.6 Å². The highest BCUT2D eigenvalue weighted by atomic mass is 16.5. The number of nitrogens with one attached hydrogen (secondary N) is 2. The van der Waals surface area contributed by atoms with Crippen LogP contribution in [0.25, 0.3) is 16.5 Å². The number of para-hydroxylation sites is 1. The van der Waals surface area contributed by atoms with Crippen molar-refractivity contribution in [2.75, 3.05) is 5.32 Å². The molecule has 0 radical (unpaired) electrons. The maximum absolute atomic E-state index is 12.7. The van der Waals surface area contributed by atoms with Crippen LogP contribution in [-0.2, 0) is 0 Å². The van der Waals surface area contributed by atoms with Crippen LogP contribution in [0.1, 0.15) is 23.0 Å². The summed E-state index contributed by atoms with van der Waals surface area (Å²) in [6, 6.07) is 15.1. The molecule has 0 aliphatic heterocycles. The topological polar surface area (TPSA) is 105 Å². The number of allylic oxidation sites excluding steroid dienone is 2. The Morgan fingerprint density at radius 2 is 2.03 bits per heavy atom. The molecule has 0 saturated carbocycles. The van der Waals surface area contributed by atoms with E-state index < -0.39 is 0 Å². The van der Waals surface area contributed by atoms with Crippen LogP contribution in [0.15, 0.2) is 90.1 Å². The zero-order valence-electron chi connectivity index (χ0n) is 17.3. The molecule has 8 nitrogen and oxygen atoms in total. The Balaban J connectivity index is 1.62. The first-order valence-corrected chi connectivity index (χ1v) is 9.77. The summed E-state index contributed by atoms with van der Waals surface area (Å²) in [7, 11) is 0. The van der Waals surface area contributed by atoms with Crippen LogP contribution in [0.2, 0.25) is 0 Å². The van der Waals surface area contributed by atoms with E-state index in [1.54, 1.807) is 6.20 Å². The predicted molar refractivity (Wildman–Crippen MR) is 124 cm³/mol. The molecule has 0 bridgehead atoms. The molecule has 2 aromatic carbocycles. The number of benzene rings is 2. The third kappa shape index (κ3) is 4.76. The number of aromatic nitrogens is 4. The molecule has 0 aliphatic carbocycles. The van der Waals surface area contributed by atoms with E-state index in [0.29, 0.717) is 22.7 Å². The standard InChI is InChI=1S/C24H20N6O2/c1-16(12-19(14-25-2)32-18-6-4-3-5-7-18)17-8-9-21-20(13-17)23(30-29-21)24(31)28-22-15-26-10-11-27-22/h3-15H,2H2,1H3,(H,29,30)(H,27,28,31)/b16-12+,19-14+. The second-order valence-corrected chi connectivity index (χ2v) is 6.83. The van der Waals surface area contributed by atoms with Gasteiger partial charge in [-0.05, 0) is 55.1 Å². The largest absolute Gasteiger partial charge is 0.456 e. The Bertz CT molecular complexity index is 1310. The van der Waals surface area contributed by atoms with E-state index in [-0.39, 0.29) is 11.6 Å². The molecule has 4 rings (SSSR count). The summed E-state index contributed by atoms with van der Waals surface area (Å²) in [6.45, 7) is 5.47. The Hall–Kier alpha value is -4.59. The van der Waals surface area contributed by atoms with Crippen molar-refractivity contribution in [3.63, 3.8) is 0 Å². The van der Waals surface area contributed by atoms with Crippen molar-refractivity contribution >= 4 is 34.9 Å². The lowest BCUT2D eigenvalue weighted by Crippen LogP contribution is -2.13. The molecule has 0 atom stereocenters. The highest BCUT2D eigenvalue weighted by Crippen LogP contribution is 2.24. The number of carbonyl (C=O) groups is 1. The van der Waals surface area contributed by atoms with Gasteiger partial charge in [0.05, 0.1) is 17.9 Å². The summed E-state index contributed by atoms with van der Waals surface area (Å²) in [5, 5.41) is 10.5. The molecule has 158 valence electrons. The molecule has 0 fully saturated rings. The molecule has 2 N–H and O–H groups in total. The van der Waals surface area contributed by atoms with Crippen LogP contribution < -0.4 is 10.1 Å². The van der Waals surface area contributed by atoms with Crippen molar-refractivity contribution in [1.82, 2.24) is 20.2 Å². The predicted octanol–water partition coefficient (Wildman–Crippen LogP) is 4.63. The minimum absolute atomic E-state index is 0.268. The summed E-state index contributed by atoms with van der Waals surface area (Å²) in [4.78, 5) is 24.6. The van der Waals surface area contributed by atoms with E-state index in [2.05, 4.69) is 37.2 Å². The zero-order valence-corrected chi connectivity index (χ0v) is 17.3. The Morgan fingerprint density at radius 3 is 2.78 bits per heavy atom. The van der Waals surface area contributed by atoms with Gasteiger partial charge in [-0.25, -0.2) is 4.98 Å². The van der Waals surface area contributed by atoms with Gasteiger partial charge in [-0.2, -0.15) is 5.10 Å². The summed E-state index contributed by atoms with van der Waals surface area (Å²) >= 11 is 0. The first-order valence-electron chi connectivity index (χ1n) is 9.77. The van der Waals surface area contributed by atoms with Crippen molar-refractivity contribution in [2.24, 2.45) is 4.99 Å². The minimum Gasteiger partial charge on any atom is -0.456 e. The fourth-order valence-electron chi connectivity index (χ4n) is 3.08. The fourth-order valence-corrected chi connectivity index (χ4v) is 3.08. The molecule has 0 aliphatic rings. The van der Waals surface area contributed by atoms with Crippen LogP contribution in [0.3, 0.4) is 0 Å². The first-order chi connectivity index (χ1) is 15.6. The van der Waals surface area contributed by atoms with Crippen molar-refractivity contribution in [2.45, 2.75) is 6.92 Å². The quantitative estimate of drug-likeness (QED) is 0.256. The van der Waals surface area contributed by atoms with Gasteiger partial charge in [-0.15, -0.1) is 0 Å². The molecule has 2 heterocycles. The highest BCUT2D eigenvalue weighted by molar-refractivity contribution is 6.11. The average molecular weight is 424 g/mol. The van der Waals surface area contributed by atoms with E-state index in [9.17, 15) is 4.79 Å². The average Bonchev–Trinajstić information content (AvgIpc) is 3.24. The second kappa shape index (κ2) is 9.48. The van der Waals surface area contributed by atoms with E-state index >= 15 is 0 Å². The number of nitrogens with zero attached hydrogens (tertiary/aromatic N) is 4. The monoisotopic (exact) mass is 424 g/mol. The van der Waals surface area contributed by atoms with Gasteiger partial charge in [0.25, 0.3) is 5.91 Å². The first kappa shape index (κ1) is 20.7. The van der Waals surface area contributed by atoms with Crippen LogP contribution in [0.5, 0.6) is 5.75 Å². The van der Waals surface area contributed by atoms with Gasteiger partial charge in [0.2, 0.25) is 0 Å². The van der Waals surface area contributed by atoms with Gasteiger partial charge >= 0.3 is 0 Å². The molecule has 4 aromatic rings. The van der Waals surface area contributed by atoms with E-state index in [0.717, 1.165) is 16.7 Å². The lowest BCUT2D eigenvalue weighted by Gasteiger charge is -2.08. The van der Waals surface area contributed by atoms with Crippen molar-refractivity contribution in [3.8, 4) is 5.75 Å². The molecule has 0 spiro atoms. The number of hydrogen-bond acceptors (Lipinski definition) is 6. The second-order valence-electron chi connectivity index (χ2n) is 6.83. The molecule has 0 unspecified atom stereocenters. The number of aliphatic imine (C=N–C) groups is 1. The lowest BCUT2D eigenvalue weighted by atomic mass is 10.0. The number of anilines is 1. The maximum atomic E-state index is 12.7. The van der Waals surface area contributed by atoms with Gasteiger partial charge < -0.3 is 10.1 Å². The summed E-state index contributed by atoms with van der Waals surface area (Å²) in [5.41, 5.74) is 2.83. The number of fused-ring (bicyclic) bond motifs is 1. The van der Waals surface area contributed by atoms with Gasteiger partial charge in [-0.3, -0.25) is 19.9 Å². The third-order valence-corrected chi connectivity index (χ3v) is 4.59. The van der Waals surface area contributed by atoms with E-state index in [1.807, 2.05) is 61.5 Å². The lowest BCUT2D eigenvalue weighted by molar-refractivity contribution is 0.102. The SMILES string of the molecule is C=N/C=C(\C=C(/C)c1ccc2[nH]nc(C(=O)Nc3cnccn3)c2c1)Oc1ccccc1. The van der Waals surface area contributed by atoms with Crippen LogP contribution in [-0.4, -0.2) is 32.8 Å². The number of amides is 1. The molecule has 8 heteroatoms. The minimum atomic E-state index is -0.376. The normalized spacial score (nSPS) is 11.9. The molecular weight excluding hydrogens is 404 g/mol. The summed E-state index contributed by atoms with van der Waals surface area (Å²) in [6.07, 6.45) is 7.92. The van der Waals surface area contributed by atoms with Crippen molar-refractivity contribution in [1.29, 1.82) is 0 Å². The molecule has 1 amide bonds. The Kier molecular flexibility index (Phi) is 6.12. The van der Waals surface area contributed by atoms with Gasteiger partial charge in [0.1, 0.15) is 11.5 Å². The van der Waals surface area contributed by atoms with Crippen LogP contribution >= 0.6 is 0 Å². The van der Waals surface area contributed by atoms with Gasteiger partial charge in [0, 0.05) is 17.8 Å². The van der Waals surface area contributed by atoms with Crippen molar-refractivity contribution < 1.29 is 9.53 Å². The van der Waals surface area contributed by atoms with Gasteiger partial charge in [-0.1, -0.05) is 24.3 Å². The number of rotatable bonds is 7. The number of carbonyl (C=O) groups excluding carboxylic acids is 1. The number of H-pyrrole nitrogens is 1. The molecular formula is C24H20N6O2. The molecule has 2 aromatic heterocycles. The van der Waals surface area contributed by atoms with E-state index in [4.69, 9.17) is 4.74 Å². The van der Waals surface area contributed by atoms with Crippen molar-refractivity contribution in [3.05, 3.63) is 96.4 Å². The fraction of sp³-hybridized carbons (Fsp3) is 0.0417. The van der Waals surface area contributed by atoms with Crippen LogP contribution in [0.4, 0.5) is 5.82 Å². The summed E-state index contributed by atoms with van der Waals surface area (Å²) in [5.74, 6) is 1.21. The third-order valence-electron chi connectivity index (χ3n) is 4.59. The number of hydrogen-bond donors (Lipinski definition) is 2. The zero-order chi connectivity index (χ0) is 22.3. The Labute approximate surface area is 184 Å². The van der Waals surface area contributed by atoms with Gasteiger partial charge in [0.15, 0.2) is 11.5 Å². The summed E-state index contributed by atoms with van der Waals surface area (Å²) < 4.78 is 5.90. The maximum Gasteiger partial charge on any atom is 0.277 e. The molecule has 0 saturated heterocycles. The number of aromatic amines is 1. The molecule has 32 heavy (non-hydrogen) atoms. The Morgan fingerprint density at radius 1 is 1.19 bits per heavy atom. The number of ether oxygens (including phenoxy) is 1. The van der Waals surface area contributed by atoms with Crippen LogP contribution in [0, 0.1) is 0 Å². The highest BCUT2D eigenvalue weighted by Gasteiger charge is 2.16. The smallest absolute Gasteiger partial charge is 0.277 e.